The molecular formula is C18H19N3O3. The molecule has 2 aromatic carbocycles. The van der Waals surface area contributed by atoms with Gasteiger partial charge < -0.3 is 10.2 Å². The van der Waals surface area contributed by atoms with Crippen molar-refractivity contribution in [3.63, 3.8) is 0 Å². The summed E-state index contributed by atoms with van der Waals surface area (Å²) in [5, 5.41) is 13.8. The second kappa shape index (κ2) is 6.70. The van der Waals surface area contributed by atoms with Crippen LogP contribution in [0.5, 0.6) is 0 Å². The molecule has 0 fully saturated rings. The van der Waals surface area contributed by atoms with Gasteiger partial charge in [0.25, 0.3) is 5.69 Å². The molecule has 0 aliphatic carbocycles. The topological polar surface area (TPSA) is 75.5 Å². The molecule has 124 valence electrons. The maximum atomic E-state index is 12.6. The van der Waals surface area contributed by atoms with Crippen LogP contribution in [0.4, 0.5) is 17.1 Å². The lowest BCUT2D eigenvalue weighted by atomic mass is 10.00. The molecule has 24 heavy (non-hydrogen) atoms. The second-order valence-electron chi connectivity index (χ2n) is 5.87. The van der Waals surface area contributed by atoms with Crippen LogP contribution in [0.15, 0.2) is 48.5 Å². The molecule has 6 nitrogen and oxygen atoms in total. The van der Waals surface area contributed by atoms with E-state index in [1.54, 1.807) is 18.2 Å². The van der Waals surface area contributed by atoms with E-state index in [0.717, 1.165) is 25.1 Å². The van der Waals surface area contributed by atoms with Crippen LogP contribution in [0, 0.1) is 10.1 Å². The molecule has 1 aliphatic rings. The molecule has 6 heteroatoms. The van der Waals surface area contributed by atoms with Gasteiger partial charge in [-0.15, -0.1) is 0 Å². The van der Waals surface area contributed by atoms with E-state index in [0.29, 0.717) is 0 Å². The molecule has 2 aromatic rings. The summed E-state index contributed by atoms with van der Waals surface area (Å²) in [4.78, 5) is 25.3. The first kappa shape index (κ1) is 16.0. The van der Waals surface area contributed by atoms with Crippen LogP contribution in [0.2, 0.25) is 0 Å². The van der Waals surface area contributed by atoms with Crippen molar-refractivity contribution >= 4 is 23.0 Å². The minimum atomic E-state index is -0.490. The van der Waals surface area contributed by atoms with Crippen molar-refractivity contribution in [3.8, 4) is 0 Å². The highest BCUT2D eigenvalue weighted by molar-refractivity contribution is 5.98. The number of nitro groups is 1. The zero-order valence-electron chi connectivity index (χ0n) is 13.4. The quantitative estimate of drug-likeness (QED) is 0.691. The first-order chi connectivity index (χ1) is 11.6. The van der Waals surface area contributed by atoms with Gasteiger partial charge >= 0.3 is 0 Å². The SMILES string of the molecule is C[C@@H](C(=O)Nc1ccccc1[N+](=O)[O-])N1CCCc2ccccc21. The zero-order chi connectivity index (χ0) is 17.1. The first-order valence-corrected chi connectivity index (χ1v) is 7.97. The third-order valence-electron chi connectivity index (χ3n) is 4.35. The summed E-state index contributed by atoms with van der Waals surface area (Å²) in [5.41, 5.74) is 2.42. The Balaban J connectivity index is 1.81. The molecule has 3 rings (SSSR count). The summed E-state index contributed by atoms with van der Waals surface area (Å²) in [6.07, 6.45) is 1.99. The van der Waals surface area contributed by atoms with E-state index in [1.807, 2.05) is 25.1 Å². The molecule has 0 aromatic heterocycles. The highest BCUT2D eigenvalue weighted by atomic mass is 16.6. The van der Waals surface area contributed by atoms with Crippen LogP contribution in [0.3, 0.4) is 0 Å². The number of benzene rings is 2. The summed E-state index contributed by atoms with van der Waals surface area (Å²) >= 11 is 0. The molecule has 0 unspecified atom stereocenters. The molecule has 0 saturated heterocycles. The lowest BCUT2D eigenvalue weighted by Crippen LogP contribution is -2.44. The number of hydrogen-bond donors (Lipinski definition) is 1. The Labute approximate surface area is 140 Å². The predicted molar refractivity (Wildman–Crippen MR) is 93.3 cm³/mol. The summed E-state index contributed by atoms with van der Waals surface area (Å²) in [5.74, 6) is -0.249. The third-order valence-corrected chi connectivity index (χ3v) is 4.35. The fourth-order valence-electron chi connectivity index (χ4n) is 3.08. The standard InChI is InChI=1S/C18H19N3O3/c1-13(20-12-6-8-14-7-2-4-10-16(14)20)18(22)19-15-9-3-5-11-17(15)21(23)24/h2-5,7,9-11,13H,6,8,12H2,1H3,(H,19,22)/t13-/m0/s1. The van der Waals surface area contributed by atoms with Gasteiger partial charge in [0.05, 0.1) is 4.92 Å². The summed E-state index contributed by atoms with van der Waals surface area (Å²) in [6.45, 7) is 2.62. The Bertz CT molecular complexity index is 776. The number of nitrogens with zero attached hydrogens (tertiary/aromatic N) is 2. The normalized spacial score (nSPS) is 14.6. The number of para-hydroxylation sites is 3. The summed E-state index contributed by atoms with van der Waals surface area (Å²) in [6, 6.07) is 13.8. The molecule has 1 heterocycles. The number of rotatable bonds is 4. The molecule has 0 spiro atoms. The van der Waals surface area contributed by atoms with Gasteiger partial charge in [0, 0.05) is 18.3 Å². The lowest BCUT2D eigenvalue weighted by Gasteiger charge is -2.35. The number of nitro benzene ring substituents is 1. The van der Waals surface area contributed by atoms with Crippen LogP contribution in [0.25, 0.3) is 0 Å². The van der Waals surface area contributed by atoms with Crippen molar-refractivity contribution in [2.45, 2.75) is 25.8 Å². The van der Waals surface area contributed by atoms with E-state index in [9.17, 15) is 14.9 Å². The van der Waals surface area contributed by atoms with Gasteiger partial charge in [-0.1, -0.05) is 30.3 Å². The lowest BCUT2D eigenvalue weighted by molar-refractivity contribution is -0.383. The Morgan fingerprint density at radius 1 is 1.21 bits per heavy atom. The minimum Gasteiger partial charge on any atom is -0.360 e. The number of amides is 1. The Kier molecular flexibility index (Phi) is 4.46. The van der Waals surface area contributed by atoms with Gasteiger partial charge in [-0.3, -0.25) is 14.9 Å². The number of carbonyl (C=O) groups excluding carboxylic acids is 1. The van der Waals surface area contributed by atoms with Crippen molar-refractivity contribution in [3.05, 3.63) is 64.2 Å². The summed E-state index contributed by atoms with van der Waals surface area (Å²) in [7, 11) is 0. The van der Waals surface area contributed by atoms with Crippen molar-refractivity contribution in [1.29, 1.82) is 0 Å². The third kappa shape index (κ3) is 3.08. The van der Waals surface area contributed by atoms with E-state index in [1.165, 1.54) is 11.6 Å². The molecular weight excluding hydrogens is 306 g/mol. The Morgan fingerprint density at radius 2 is 1.92 bits per heavy atom. The average molecular weight is 325 g/mol. The van der Waals surface area contributed by atoms with Gasteiger partial charge in [0.15, 0.2) is 0 Å². The molecule has 1 aliphatic heterocycles. The number of nitrogens with one attached hydrogen (secondary N) is 1. The number of carbonyl (C=O) groups is 1. The van der Waals surface area contributed by atoms with E-state index >= 15 is 0 Å². The van der Waals surface area contributed by atoms with Crippen LogP contribution in [-0.2, 0) is 11.2 Å². The highest BCUT2D eigenvalue weighted by Gasteiger charge is 2.27. The van der Waals surface area contributed by atoms with E-state index < -0.39 is 11.0 Å². The largest absolute Gasteiger partial charge is 0.360 e. The molecule has 1 amide bonds. The number of fused-ring (bicyclic) bond motifs is 1. The van der Waals surface area contributed by atoms with Crippen molar-refractivity contribution in [2.75, 3.05) is 16.8 Å². The number of anilines is 2. The van der Waals surface area contributed by atoms with Crippen molar-refractivity contribution < 1.29 is 9.72 Å². The smallest absolute Gasteiger partial charge is 0.292 e. The molecule has 0 bridgehead atoms. The molecule has 1 N–H and O–H groups in total. The zero-order valence-corrected chi connectivity index (χ0v) is 13.4. The Morgan fingerprint density at radius 3 is 2.71 bits per heavy atom. The van der Waals surface area contributed by atoms with Gasteiger partial charge in [0.2, 0.25) is 5.91 Å². The Hall–Kier alpha value is -2.89. The van der Waals surface area contributed by atoms with Crippen LogP contribution in [-0.4, -0.2) is 23.4 Å². The molecule has 0 saturated carbocycles. The van der Waals surface area contributed by atoms with Gasteiger partial charge in [-0.2, -0.15) is 0 Å². The fourth-order valence-corrected chi connectivity index (χ4v) is 3.08. The van der Waals surface area contributed by atoms with Gasteiger partial charge in [-0.05, 0) is 37.5 Å². The van der Waals surface area contributed by atoms with E-state index in [4.69, 9.17) is 0 Å². The average Bonchev–Trinajstić information content (AvgIpc) is 2.61. The van der Waals surface area contributed by atoms with Gasteiger partial charge in [0.1, 0.15) is 11.7 Å². The van der Waals surface area contributed by atoms with Gasteiger partial charge in [-0.25, -0.2) is 0 Å². The number of aryl methyl sites for hydroxylation is 1. The second-order valence-corrected chi connectivity index (χ2v) is 5.87. The maximum absolute atomic E-state index is 12.6. The first-order valence-electron chi connectivity index (χ1n) is 7.97. The van der Waals surface area contributed by atoms with E-state index in [2.05, 4.69) is 16.3 Å². The molecule has 0 radical (unpaired) electrons. The minimum absolute atomic E-state index is 0.0999. The monoisotopic (exact) mass is 325 g/mol. The van der Waals surface area contributed by atoms with Crippen molar-refractivity contribution in [2.24, 2.45) is 0 Å². The summed E-state index contributed by atoms with van der Waals surface area (Å²) < 4.78 is 0. The van der Waals surface area contributed by atoms with Crippen molar-refractivity contribution in [1.82, 2.24) is 0 Å². The maximum Gasteiger partial charge on any atom is 0.292 e. The van der Waals surface area contributed by atoms with E-state index in [-0.39, 0.29) is 17.3 Å². The highest BCUT2D eigenvalue weighted by Crippen LogP contribution is 2.29. The number of hydrogen-bond acceptors (Lipinski definition) is 4. The fraction of sp³-hybridized carbons (Fsp3) is 0.278. The van der Waals surface area contributed by atoms with Crippen LogP contribution >= 0.6 is 0 Å². The van der Waals surface area contributed by atoms with Crippen LogP contribution in [0.1, 0.15) is 18.9 Å². The van der Waals surface area contributed by atoms with Crippen LogP contribution < -0.4 is 10.2 Å². The predicted octanol–water partition coefficient (Wildman–Crippen LogP) is 3.37. The molecule has 1 atom stereocenters.